The van der Waals surface area contributed by atoms with Gasteiger partial charge in [-0.3, -0.25) is 9.69 Å². The van der Waals surface area contributed by atoms with E-state index in [1.807, 2.05) is 4.90 Å². The molecule has 0 bridgehead atoms. The first-order valence-corrected chi connectivity index (χ1v) is 4.33. The number of hydrogen-bond donors (Lipinski definition) is 0. The minimum atomic E-state index is -4.74. The van der Waals surface area contributed by atoms with E-state index in [0.29, 0.717) is 19.6 Å². The zero-order valence-corrected chi connectivity index (χ0v) is 7.68. The monoisotopic (exact) mass is 209 g/mol. The molecule has 0 aromatic carbocycles. The second kappa shape index (κ2) is 4.16. The van der Waals surface area contributed by atoms with Crippen molar-refractivity contribution in [2.75, 3.05) is 32.7 Å². The van der Waals surface area contributed by atoms with Crippen LogP contribution >= 0.6 is 0 Å². The topological polar surface area (TPSA) is 23.6 Å². The second-order valence-electron chi connectivity index (χ2n) is 3.13. The van der Waals surface area contributed by atoms with Gasteiger partial charge in [0.05, 0.1) is 0 Å². The Hall–Kier alpha value is -0.780. The van der Waals surface area contributed by atoms with Crippen LogP contribution in [0.2, 0.25) is 0 Å². The van der Waals surface area contributed by atoms with E-state index in [1.54, 1.807) is 0 Å². The van der Waals surface area contributed by atoms with Gasteiger partial charge in [0.15, 0.2) is 0 Å². The van der Waals surface area contributed by atoms with Crippen LogP contribution in [-0.2, 0) is 4.79 Å². The van der Waals surface area contributed by atoms with Crippen molar-refractivity contribution in [2.45, 2.75) is 6.18 Å². The molecule has 1 aliphatic rings. The Morgan fingerprint density at radius 3 is 2.07 bits per heavy atom. The molecule has 1 saturated heterocycles. The highest BCUT2D eigenvalue weighted by atomic mass is 19.4. The summed E-state index contributed by atoms with van der Waals surface area (Å²) in [4.78, 5) is 13.5. The summed E-state index contributed by atoms with van der Waals surface area (Å²) in [5.74, 6) is -1.73. The van der Waals surface area contributed by atoms with Crippen LogP contribution < -0.4 is 0 Å². The first-order valence-electron chi connectivity index (χ1n) is 4.33. The summed E-state index contributed by atoms with van der Waals surface area (Å²) in [6.07, 6.45) is -4.74. The molecule has 14 heavy (non-hydrogen) atoms. The van der Waals surface area contributed by atoms with Gasteiger partial charge in [0.2, 0.25) is 0 Å². The number of alkyl halides is 3. The van der Waals surface area contributed by atoms with Gasteiger partial charge in [-0.2, -0.15) is 13.2 Å². The van der Waals surface area contributed by atoms with E-state index in [1.165, 1.54) is 0 Å². The smallest absolute Gasteiger partial charge is 0.332 e. The molecule has 0 unspecified atom stereocenters. The fourth-order valence-electron chi connectivity index (χ4n) is 1.35. The Bertz CT molecular complexity index is 209. The zero-order valence-electron chi connectivity index (χ0n) is 7.68. The summed E-state index contributed by atoms with van der Waals surface area (Å²) in [6, 6.07) is 0. The van der Waals surface area contributed by atoms with Gasteiger partial charge in [-0.15, -0.1) is 0 Å². The molecule has 1 heterocycles. The number of carbonyl (C=O) groups is 1. The van der Waals surface area contributed by atoms with E-state index in [2.05, 4.69) is 6.92 Å². The minimum Gasteiger partial charge on any atom is -0.332 e. The van der Waals surface area contributed by atoms with Crippen molar-refractivity contribution in [1.82, 2.24) is 9.80 Å². The number of amides is 1. The van der Waals surface area contributed by atoms with E-state index >= 15 is 0 Å². The molecule has 0 atom stereocenters. The van der Waals surface area contributed by atoms with Crippen LogP contribution in [0.25, 0.3) is 0 Å². The van der Waals surface area contributed by atoms with E-state index in [-0.39, 0.29) is 13.1 Å². The van der Waals surface area contributed by atoms with Gasteiger partial charge in [-0.05, 0) is 13.5 Å². The Kier molecular flexibility index (Phi) is 3.36. The normalized spacial score (nSPS) is 19.9. The summed E-state index contributed by atoms with van der Waals surface area (Å²) in [6.45, 7) is 5.38. The van der Waals surface area contributed by atoms with Gasteiger partial charge in [-0.1, -0.05) is 0 Å². The van der Waals surface area contributed by atoms with Gasteiger partial charge in [-0.25, -0.2) is 0 Å². The summed E-state index contributed by atoms with van der Waals surface area (Å²) in [5.41, 5.74) is 0. The Labute approximate surface area is 80.5 Å². The third kappa shape index (κ3) is 2.60. The number of hydrogen-bond acceptors (Lipinski definition) is 2. The van der Waals surface area contributed by atoms with Crippen LogP contribution in [-0.4, -0.2) is 54.6 Å². The predicted molar refractivity (Wildman–Crippen MR) is 44.4 cm³/mol. The molecule has 0 saturated carbocycles. The lowest BCUT2D eigenvalue weighted by Crippen LogP contribution is -2.52. The highest BCUT2D eigenvalue weighted by Crippen LogP contribution is 2.19. The van der Waals surface area contributed by atoms with E-state index in [9.17, 15) is 18.0 Å². The molecule has 0 spiro atoms. The zero-order chi connectivity index (χ0) is 10.8. The average Bonchev–Trinajstić information content (AvgIpc) is 2.15. The molecule has 1 amide bonds. The van der Waals surface area contributed by atoms with Crippen LogP contribution in [0.4, 0.5) is 13.2 Å². The highest BCUT2D eigenvalue weighted by Gasteiger charge is 2.42. The molecule has 0 aliphatic carbocycles. The molecule has 3 nitrogen and oxygen atoms in total. The van der Waals surface area contributed by atoms with Gasteiger partial charge in [0, 0.05) is 26.2 Å². The van der Waals surface area contributed by atoms with Crippen LogP contribution in [0.5, 0.6) is 0 Å². The average molecular weight is 209 g/mol. The van der Waals surface area contributed by atoms with Gasteiger partial charge in [0.25, 0.3) is 0 Å². The minimum absolute atomic E-state index is 0.133. The van der Waals surface area contributed by atoms with Crippen molar-refractivity contribution in [3.05, 3.63) is 6.92 Å². The van der Waals surface area contributed by atoms with Crippen molar-refractivity contribution < 1.29 is 18.0 Å². The molecule has 0 aromatic rings. The third-order valence-electron chi connectivity index (χ3n) is 2.22. The Balaban J connectivity index is 2.46. The van der Waals surface area contributed by atoms with Crippen molar-refractivity contribution in [3.8, 4) is 0 Å². The van der Waals surface area contributed by atoms with E-state index in [4.69, 9.17) is 0 Å². The van der Waals surface area contributed by atoms with Crippen molar-refractivity contribution in [3.63, 3.8) is 0 Å². The number of rotatable bonds is 1. The maximum atomic E-state index is 12.0. The molecule has 0 N–H and O–H groups in total. The summed E-state index contributed by atoms with van der Waals surface area (Å²) < 4.78 is 36.0. The van der Waals surface area contributed by atoms with Crippen LogP contribution in [0, 0.1) is 6.92 Å². The fourth-order valence-corrected chi connectivity index (χ4v) is 1.35. The lowest BCUT2D eigenvalue weighted by atomic mass is 10.3. The Morgan fingerprint density at radius 2 is 1.71 bits per heavy atom. The quantitative estimate of drug-likeness (QED) is 0.628. The van der Waals surface area contributed by atoms with Crippen molar-refractivity contribution in [1.29, 1.82) is 0 Å². The summed E-state index contributed by atoms with van der Waals surface area (Å²) in [5, 5.41) is 0. The number of halogens is 3. The standard InChI is InChI=1S/C8H12F3N2O/c1-2-12-3-5-13(6-4-12)7(14)8(9,10)11/h1-6H2. The van der Waals surface area contributed by atoms with Crippen LogP contribution in [0.3, 0.4) is 0 Å². The van der Waals surface area contributed by atoms with Crippen LogP contribution in [0.15, 0.2) is 0 Å². The molecule has 1 rings (SSSR count). The molecular weight excluding hydrogens is 197 g/mol. The van der Waals surface area contributed by atoms with Gasteiger partial charge >= 0.3 is 12.1 Å². The lowest BCUT2D eigenvalue weighted by molar-refractivity contribution is -0.186. The van der Waals surface area contributed by atoms with Gasteiger partial charge in [0.1, 0.15) is 0 Å². The Morgan fingerprint density at radius 1 is 1.21 bits per heavy atom. The SMILES string of the molecule is [CH2]CN1CCN(C(=O)C(F)(F)F)CC1. The van der Waals surface area contributed by atoms with E-state index in [0.717, 1.165) is 4.90 Å². The second-order valence-corrected chi connectivity index (χ2v) is 3.13. The number of nitrogens with zero attached hydrogens (tertiary/aromatic N) is 2. The van der Waals surface area contributed by atoms with Gasteiger partial charge < -0.3 is 4.90 Å². The van der Waals surface area contributed by atoms with Crippen molar-refractivity contribution >= 4 is 5.91 Å². The summed E-state index contributed by atoms with van der Waals surface area (Å²) >= 11 is 0. The molecule has 6 heteroatoms. The van der Waals surface area contributed by atoms with Crippen LogP contribution in [0.1, 0.15) is 0 Å². The van der Waals surface area contributed by atoms with Crippen molar-refractivity contribution in [2.24, 2.45) is 0 Å². The molecule has 1 aliphatic heterocycles. The molecule has 1 fully saturated rings. The third-order valence-corrected chi connectivity index (χ3v) is 2.22. The molecule has 1 radical (unpaired) electrons. The highest BCUT2D eigenvalue weighted by molar-refractivity contribution is 5.81. The number of carbonyl (C=O) groups excluding carboxylic acids is 1. The largest absolute Gasteiger partial charge is 0.471 e. The fraction of sp³-hybridized carbons (Fsp3) is 0.750. The summed E-state index contributed by atoms with van der Waals surface area (Å²) in [7, 11) is 0. The molecule has 0 aromatic heterocycles. The predicted octanol–water partition coefficient (Wildman–Crippen LogP) is 0.527. The first-order chi connectivity index (χ1) is 6.45. The first kappa shape index (κ1) is 11.3. The lowest BCUT2D eigenvalue weighted by Gasteiger charge is -2.34. The molecular formula is C8H12F3N2O. The maximum Gasteiger partial charge on any atom is 0.471 e. The van der Waals surface area contributed by atoms with E-state index < -0.39 is 12.1 Å². The molecule has 81 valence electrons. The maximum absolute atomic E-state index is 12.0. The number of piperazine rings is 1.